The van der Waals surface area contributed by atoms with Gasteiger partial charge in [0.05, 0.1) is 25.8 Å². The van der Waals surface area contributed by atoms with Gasteiger partial charge >= 0.3 is 5.97 Å². The van der Waals surface area contributed by atoms with Crippen molar-refractivity contribution in [3.63, 3.8) is 0 Å². The monoisotopic (exact) mass is 318 g/mol. The fourth-order valence-corrected chi connectivity index (χ4v) is 2.69. The van der Waals surface area contributed by atoms with Gasteiger partial charge in [0.2, 0.25) is 0 Å². The summed E-state index contributed by atoms with van der Waals surface area (Å²) in [4.78, 5) is 29.4. The van der Waals surface area contributed by atoms with E-state index in [1.165, 1.54) is 18.4 Å². The first-order valence-electron chi connectivity index (χ1n) is 6.71. The molecule has 1 amide bonds. The van der Waals surface area contributed by atoms with Crippen molar-refractivity contribution in [2.75, 3.05) is 20.2 Å². The number of benzene rings is 1. The van der Waals surface area contributed by atoms with Crippen LogP contribution in [-0.4, -0.2) is 48.1 Å². The van der Waals surface area contributed by atoms with Gasteiger partial charge in [0.15, 0.2) is 0 Å². The van der Waals surface area contributed by atoms with E-state index in [4.69, 9.17) is 4.74 Å². The smallest absolute Gasteiger partial charge is 0.337 e. The Hall–Kier alpha value is -2.41. The molecule has 0 unspecified atom stereocenters. The number of nitrogens with zero attached hydrogens (tertiary/aromatic N) is 2. The number of hydrogen-bond acceptors (Lipinski definition) is 6. The molecule has 0 spiro atoms. The third kappa shape index (κ3) is 2.94. The highest BCUT2D eigenvalue weighted by atomic mass is 32.1. The van der Waals surface area contributed by atoms with E-state index in [0.717, 1.165) is 0 Å². The third-order valence-electron chi connectivity index (χ3n) is 3.37. The minimum absolute atomic E-state index is 0.00978. The quantitative estimate of drug-likeness (QED) is 0.805. The molecule has 2 heterocycles. The molecule has 0 aliphatic carbocycles. The van der Waals surface area contributed by atoms with E-state index < -0.39 is 5.97 Å². The van der Waals surface area contributed by atoms with Gasteiger partial charge in [0, 0.05) is 17.1 Å². The van der Waals surface area contributed by atoms with Crippen LogP contribution in [0.4, 0.5) is 0 Å². The lowest BCUT2D eigenvalue weighted by atomic mass is 10.1. The molecule has 1 fully saturated rings. The largest absolute Gasteiger partial charge is 0.465 e. The van der Waals surface area contributed by atoms with Gasteiger partial charge in [-0.25, -0.2) is 9.78 Å². The van der Waals surface area contributed by atoms with Gasteiger partial charge in [-0.2, -0.15) is 0 Å². The van der Waals surface area contributed by atoms with Crippen molar-refractivity contribution in [1.82, 2.24) is 9.88 Å². The van der Waals surface area contributed by atoms with Crippen LogP contribution in [0, 0.1) is 0 Å². The molecule has 0 bridgehead atoms. The highest BCUT2D eigenvalue weighted by molar-refractivity contribution is 7.11. The second-order valence-electron chi connectivity index (χ2n) is 4.82. The van der Waals surface area contributed by atoms with Crippen LogP contribution in [0.5, 0.6) is 5.19 Å². The number of likely N-dealkylation sites (tertiary alicyclic amines) is 1. The molecule has 0 radical (unpaired) electrons. The van der Waals surface area contributed by atoms with Crippen molar-refractivity contribution in [2.45, 2.75) is 6.10 Å². The minimum Gasteiger partial charge on any atom is -0.465 e. The minimum atomic E-state index is -0.417. The zero-order chi connectivity index (χ0) is 15.5. The molecule has 0 N–H and O–H groups in total. The fraction of sp³-hybridized carbons (Fsp3) is 0.267. The summed E-state index contributed by atoms with van der Waals surface area (Å²) in [5.41, 5.74) is 0.966. The maximum absolute atomic E-state index is 12.3. The lowest BCUT2D eigenvalue weighted by Crippen LogP contribution is -2.56. The summed E-state index contributed by atoms with van der Waals surface area (Å²) in [6.07, 6.45) is 1.68. The Bertz CT molecular complexity index is 663. The fourth-order valence-electron chi connectivity index (χ4n) is 2.14. The van der Waals surface area contributed by atoms with Crippen LogP contribution < -0.4 is 4.74 Å². The topological polar surface area (TPSA) is 68.7 Å². The summed E-state index contributed by atoms with van der Waals surface area (Å²) >= 11 is 1.43. The van der Waals surface area contributed by atoms with Crippen molar-refractivity contribution < 1.29 is 19.1 Å². The van der Waals surface area contributed by atoms with Crippen LogP contribution in [0.1, 0.15) is 20.7 Å². The highest BCUT2D eigenvalue weighted by Gasteiger charge is 2.33. The summed E-state index contributed by atoms with van der Waals surface area (Å²) in [5, 5.41) is 2.47. The van der Waals surface area contributed by atoms with Crippen molar-refractivity contribution in [1.29, 1.82) is 0 Å². The first-order valence-corrected chi connectivity index (χ1v) is 7.59. The van der Waals surface area contributed by atoms with E-state index in [-0.39, 0.29) is 12.0 Å². The molecule has 1 aliphatic rings. The molecule has 3 rings (SSSR count). The standard InChI is InChI=1S/C15H14N2O4S/c1-20-14(19)11-4-2-10(3-5-11)13(18)17-8-12(9-17)21-15-16-6-7-22-15/h2-7,12H,8-9H2,1H3. The Morgan fingerprint density at radius 3 is 2.50 bits per heavy atom. The van der Waals surface area contributed by atoms with E-state index in [1.54, 1.807) is 35.4 Å². The van der Waals surface area contributed by atoms with Gasteiger partial charge in [0.1, 0.15) is 6.10 Å². The molecule has 6 nitrogen and oxygen atoms in total. The molecule has 2 aromatic rings. The Morgan fingerprint density at radius 2 is 1.91 bits per heavy atom. The summed E-state index contributed by atoms with van der Waals surface area (Å²) in [5.74, 6) is -0.490. The van der Waals surface area contributed by atoms with Crippen molar-refractivity contribution in [2.24, 2.45) is 0 Å². The molecule has 1 aromatic carbocycles. The van der Waals surface area contributed by atoms with Crippen LogP contribution in [0.15, 0.2) is 35.8 Å². The first-order chi connectivity index (χ1) is 10.7. The number of methoxy groups -OCH3 is 1. The Kier molecular flexibility index (Phi) is 4.06. The lowest BCUT2D eigenvalue weighted by molar-refractivity contribution is 0.0177. The van der Waals surface area contributed by atoms with Crippen LogP contribution >= 0.6 is 11.3 Å². The van der Waals surface area contributed by atoms with Crippen molar-refractivity contribution >= 4 is 23.2 Å². The number of esters is 1. The third-order valence-corrected chi connectivity index (χ3v) is 4.03. The highest BCUT2D eigenvalue weighted by Crippen LogP contribution is 2.21. The first kappa shape index (κ1) is 14.5. The number of rotatable bonds is 4. The van der Waals surface area contributed by atoms with Gasteiger partial charge in [-0.15, -0.1) is 0 Å². The number of hydrogen-bond donors (Lipinski definition) is 0. The van der Waals surface area contributed by atoms with E-state index in [2.05, 4.69) is 9.72 Å². The molecule has 1 saturated heterocycles. The van der Waals surface area contributed by atoms with E-state index >= 15 is 0 Å². The van der Waals surface area contributed by atoms with Gasteiger partial charge in [-0.1, -0.05) is 11.3 Å². The van der Waals surface area contributed by atoms with Crippen LogP contribution in [0.2, 0.25) is 0 Å². The summed E-state index contributed by atoms with van der Waals surface area (Å²) in [7, 11) is 1.32. The number of thiazole rings is 1. The second-order valence-corrected chi connectivity index (χ2v) is 5.67. The number of amides is 1. The summed E-state index contributed by atoms with van der Waals surface area (Å²) in [6.45, 7) is 1.08. The summed E-state index contributed by atoms with van der Waals surface area (Å²) in [6, 6.07) is 6.43. The van der Waals surface area contributed by atoms with Crippen LogP contribution in [-0.2, 0) is 4.74 Å². The van der Waals surface area contributed by atoms with Gasteiger partial charge in [0.25, 0.3) is 11.1 Å². The van der Waals surface area contributed by atoms with Gasteiger partial charge in [-0.05, 0) is 24.3 Å². The van der Waals surface area contributed by atoms with Crippen LogP contribution in [0.3, 0.4) is 0 Å². The molecule has 1 aromatic heterocycles. The van der Waals surface area contributed by atoms with E-state index in [9.17, 15) is 9.59 Å². The Labute approximate surface area is 131 Å². The SMILES string of the molecule is COC(=O)c1ccc(C(=O)N2CC(Oc3nccs3)C2)cc1. The zero-order valence-corrected chi connectivity index (χ0v) is 12.7. The Morgan fingerprint density at radius 1 is 1.23 bits per heavy atom. The Balaban J connectivity index is 1.55. The maximum atomic E-state index is 12.3. The molecule has 22 heavy (non-hydrogen) atoms. The predicted octanol–water partition coefficient (Wildman–Crippen LogP) is 1.83. The molecule has 0 saturated carbocycles. The normalized spacial score (nSPS) is 14.3. The summed E-state index contributed by atoms with van der Waals surface area (Å²) < 4.78 is 10.2. The number of carbonyl (C=O) groups is 2. The second kappa shape index (κ2) is 6.15. The molecule has 114 valence electrons. The average molecular weight is 318 g/mol. The predicted molar refractivity (Wildman–Crippen MR) is 80.2 cm³/mol. The number of aromatic nitrogens is 1. The molecule has 7 heteroatoms. The van der Waals surface area contributed by atoms with Crippen LogP contribution in [0.25, 0.3) is 0 Å². The zero-order valence-electron chi connectivity index (χ0n) is 11.9. The van der Waals surface area contributed by atoms with E-state index in [1.807, 2.05) is 5.38 Å². The van der Waals surface area contributed by atoms with Crippen molar-refractivity contribution in [3.05, 3.63) is 47.0 Å². The van der Waals surface area contributed by atoms with Gasteiger partial charge < -0.3 is 14.4 Å². The average Bonchev–Trinajstić information content (AvgIpc) is 3.02. The van der Waals surface area contributed by atoms with Gasteiger partial charge in [-0.3, -0.25) is 4.79 Å². The molecular formula is C15H14N2O4S. The molecule has 1 aliphatic heterocycles. The van der Waals surface area contributed by atoms with E-state index in [0.29, 0.717) is 29.4 Å². The number of ether oxygens (including phenoxy) is 2. The molecule has 0 atom stereocenters. The maximum Gasteiger partial charge on any atom is 0.337 e. The molecular weight excluding hydrogens is 304 g/mol. The number of carbonyl (C=O) groups excluding carboxylic acids is 2. The lowest BCUT2D eigenvalue weighted by Gasteiger charge is -2.38. The van der Waals surface area contributed by atoms with Crippen molar-refractivity contribution in [3.8, 4) is 5.19 Å².